The van der Waals surface area contributed by atoms with Gasteiger partial charge in [0, 0.05) is 33.0 Å². The highest BCUT2D eigenvalue weighted by atomic mass is 35.5. The third-order valence-electron chi connectivity index (χ3n) is 6.01. The van der Waals surface area contributed by atoms with E-state index in [1.165, 1.54) is 0 Å². The Balaban J connectivity index is 1.77. The molecule has 0 saturated heterocycles. The van der Waals surface area contributed by atoms with Gasteiger partial charge in [-0.25, -0.2) is 0 Å². The van der Waals surface area contributed by atoms with Crippen LogP contribution in [0.15, 0.2) is 109 Å². The predicted molar refractivity (Wildman–Crippen MR) is 139 cm³/mol. The normalized spacial score (nSPS) is 12.6. The van der Waals surface area contributed by atoms with E-state index in [0.717, 1.165) is 11.1 Å². The van der Waals surface area contributed by atoms with Crippen LogP contribution in [0, 0.1) is 11.8 Å². The van der Waals surface area contributed by atoms with Gasteiger partial charge in [0.1, 0.15) is 0 Å². The van der Waals surface area contributed by atoms with Crippen LogP contribution in [0.3, 0.4) is 0 Å². The van der Waals surface area contributed by atoms with E-state index in [9.17, 15) is 9.59 Å². The molecule has 0 aliphatic heterocycles. The third-order valence-corrected chi connectivity index (χ3v) is 6.52. The van der Waals surface area contributed by atoms with E-state index >= 15 is 0 Å². The van der Waals surface area contributed by atoms with Crippen LogP contribution < -0.4 is 0 Å². The number of halogens is 2. The van der Waals surface area contributed by atoms with Crippen LogP contribution in [0.25, 0.3) is 0 Å². The van der Waals surface area contributed by atoms with Crippen molar-refractivity contribution < 1.29 is 9.59 Å². The molecule has 4 rings (SSSR count). The molecule has 0 aliphatic rings. The summed E-state index contributed by atoms with van der Waals surface area (Å²) in [7, 11) is 0. The molecule has 0 aromatic heterocycles. The summed E-state index contributed by atoms with van der Waals surface area (Å²) in [5.41, 5.74) is 3.12. The molecule has 4 aromatic carbocycles. The van der Waals surface area contributed by atoms with E-state index < -0.39 is 11.8 Å². The number of Topliss-reactive ketones (excluding diaryl/α,β-unsaturated/α-hetero) is 2. The first kappa shape index (κ1) is 23.9. The third kappa shape index (κ3) is 6.02. The summed E-state index contributed by atoms with van der Waals surface area (Å²) in [6.07, 6.45) is 0.865. The number of carbonyl (C=O) groups is 2. The number of ketones is 2. The summed E-state index contributed by atoms with van der Waals surface area (Å²) in [6, 6.07) is 33.3. The Morgan fingerprint density at radius 2 is 0.824 bits per heavy atom. The first-order chi connectivity index (χ1) is 16.5. The number of benzene rings is 4. The van der Waals surface area contributed by atoms with Crippen molar-refractivity contribution in [3.8, 4) is 0 Å². The van der Waals surface area contributed by atoms with Crippen molar-refractivity contribution in [3.05, 3.63) is 141 Å². The second kappa shape index (κ2) is 11.3. The van der Waals surface area contributed by atoms with Crippen molar-refractivity contribution in [1.82, 2.24) is 0 Å². The number of rotatable bonds is 9. The predicted octanol–water partition coefficient (Wildman–Crippen LogP) is 7.78. The Bertz CT molecular complexity index is 1130. The summed E-state index contributed by atoms with van der Waals surface area (Å²) in [4.78, 5) is 27.7. The lowest BCUT2D eigenvalue weighted by molar-refractivity contribution is 0.0763. The van der Waals surface area contributed by atoms with E-state index in [4.69, 9.17) is 23.2 Å². The lowest BCUT2D eigenvalue weighted by Gasteiger charge is -2.26. The molecule has 170 valence electrons. The minimum Gasteiger partial charge on any atom is -0.294 e. The van der Waals surface area contributed by atoms with Gasteiger partial charge in [0.15, 0.2) is 11.6 Å². The largest absolute Gasteiger partial charge is 0.294 e. The highest BCUT2D eigenvalue weighted by Gasteiger charge is 2.35. The Hall–Kier alpha value is -3.20. The molecule has 0 N–H and O–H groups in total. The molecule has 0 radical (unpaired) electrons. The van der Waals surface area contributed by atoms with Gasteiger partial charge in [0.05, 0.1) is 0 Å². The first-order valence-electron chi connectivity index (χ1n) is 11.2. The van der Waals surface area contributed by atoms with Crippen LogP contribution in [0.2, 0.25) is 10.0 Å². The number of carbonyl (C=O) groups excluding carboxylic acids is 2. The summed E-state index contributed by atoms with van der Waals surface area (Å²) < 4.78 is 0. The Labute approximate surface area is 210 Å². The molecular formula is C30H24Cl2O2. The maximum absolute atomic E-state index is 13.8. The minimum atomic E-state index is -0.549. The molecule has 0 heterocycles. The van der Waals surface area contributed by atoms with Gasteiger partial charge in [0.2, 0.25) is 0 Å². The standard InChI is InChI=1S/C30H24Cl2O2/c31-25-15-11-21(12-16-25)19-27(29(33)23-7-3-1-4-8-23)28(20-22-13-17-26(32)18-14-22)30(34)24-9-5-2-6-10-24/h1-18,27-28H,19-20H2/t27-,28+. The number of hydrogen-bond donors (Lipinski definition) is 0. The summed E-state index contributed by atoms with van der Waals surface area (Å²) in [5.74, 6) is -1.18. The quantitative estimate of drug-likeness (QED) is 0.226. The van der Waals surface area contributed by atoms with Crippen molar-refractivity contribution in [2.75, 3.05) is 0 Å². The molecule has 2 atom stereocenters. The minimum absolute atomic E-state index is 0.0428. The highest BCUT2D eigenvalue weighted by molar-refractivity contribution is 6.30. The maximum atomic E-state index is 13.8. The monoisotopic (exact) mass is 486 g/mol. The van der Waals surface area contributed by atoms with Crippen LogP contribution >= 0.6 is 23.2 Å². The van der Waals surface area contributed by atoms with Gasteiger partial charge in [-0.2, -0.15) is 0 Å². The lowest BCUT2D eigenvalue weighted by atomic mass is 9.75. The highest BCUT2D eigenvalue weighted by Crippen LogP contribution is 2.30. The molecular weight excluding hydrogens is 463 g/mol. The summed E-state index contributed by atoms with van der Waals surface area (Å²) >= 11 is 12.2. The molecule has 4 heteroatoms. The van der Waals surface area contributed by atoms with Gasteiger partial charge < -0.3 is 0 Å². The average molecular weight is 487 g/mol. The van der Waals surface area contributed by atoms with E-state index in [1.54, 1.807) is 0 Å². The topological polar surface area (TPSA) is 34.1 Å². The van der Waals surface area contributed by atoms with Gasteiger partial charge in [0.25, 0.3) is 0 Å². The van der Waals surface area contributed by atoms with Crippen molar-refractivity contribution in [2.24, 2.45) is 11.8 Å². The fraction of sp³-hybridized carbons (Fsp3) is 0.133. The Morgan fingerprint density at radius 1 is 0.500 bits per heavy atom. The van der Waals surface area contributed by atoms with E-state index in [2.05, 4.69) is 0 Å². The van der Waals surface area contributed by atoms with Gasteiger partial charge in [-0.15, -0.1) is 0 Å². The Kier molecular flexibility index (Phi) is 7.95. The second-order valence-corrected chi connectivity index (χ2v) is 9.21. The van der Waals surface area contributed by atoms with Crippen molar-refractivity contribution >= 4 is 34.8 Å². The van der Waals surface area contributed by atoms with Gasteiger partial charge in [-0.3, -0.25) is 9.59 Å². The molecule has 4 aromatic rings. The van der Waals surface area contributed by atoms with E-state index in [0.29, 0.717) is 34.0 Å². The van der Waals surface area contributed by atoms with Crippen LogP contribution in [0.4, 0.5) is 0 Å². The van der Waals surface area contributed by atoms with E-state index in [-0.39, 0.29) is 11.6 Å². The second-order valence-electron chi connectivity index (χ2n) is 8.33. The molecule has 0 unspecified atom stereocenters. The van der Waals surface area contributed by atoms with Gasteiger partial charge in [-0.05, 0) is 48.2 Å². The van der Waals surface area contributed by atoms with Gasteiger partial charge in [-0.1, -0.05) is 108 Å². The van der Waals surface area contributed by atoms with Crippen LogP contribution in [0.1, 0.15) is 31.8 Å². The Morgan fingerprint density at radius 3 is 1.15 bits per heavy atom. The summed E-state index contributed by atoms with van der Waals surface area (Å²) in [6.45, 7) is 0. The van der Waals surface area contributed by atoms with Crippen molar-refractivity contribution in [3.63, 3.8) is 0 Å². The molecule has 0 spiro atoms. The molecule has 0 aliphatic carbocycles. The van der Waals surface area contributed by atoms with Crippen molar-refractivity contribution in [2.45, 2.75) is 12.8 Å². The fourth-order valence-corrected chi connectivity index (χ4v) is 4.47. The molecule has 34 heavy (non-hydrogen) atoms. The molecule has 2 nitrogen and oxygen atoms in total. The summed E-state index contributed by atoms with van der Waals surface area (Å²) in [5, 5.41) is 1.26. The van der Waals surface area contributed by atoms with Crippen LogP contribution in [-0.2, 0) is 12.8 Å². The fourth-order valence-electron chi connectivity index (χ4n) is 4.22. The zero-order chi connectivity index (χ0) is 23.9. The van der Waals surface area contributed by atoms with Gasteiger partial charge >= 0.3 is 0 Å². The molecule has 0 amide bonds. The smallest absolute Gasteiger partial charge is 0.167 e. The van der Waals surface area contributed by atoms with Crippen LogP contribution in [0.5, 0.6) is 0 Å². The maximum Gasteiger partial charge on any atom is 0.167 e. The zero-order valence-electron chi connectivity index (χ0n) is 18.5. The average Bonchev–Trinajstić information content (AvgIpc) is 2.88. The first-order valence-corrected chi connectivity index (χ1v) is 11.9. The number of hydrogen-bond acceptors (Lipinski definition) is 2. The van der Waals surface area contributed by atoms with Crippen LogP contribution in [-0.4, -0.2) is 11.6 Å². The molecule has 0 bridgehead atoms. The van der Waals surface area contributed by atoms with E-state index in [1.807, 2.05) is 109 Å². The SMILES string of the molecule is O=C(c1ccccc1)[C@@H](Cc1ccc(Cl)cc1)[C@@H](Cc1ccc(Cl)cc1)C(=O)c1ccccc1. The molecule has 0 saturated carbocycles. The lowest BCUT2D eigenvalue weighted by Crippen LogP contribution is -2.33. The molecule has 0 fully saturated rings. The van der Waals surface area contributed by atoms with Crippen molar-refractivity contribution in [1.29, 1.82) is 0 Å². The zero-order valence-corrected chi connectivity index (χ0v) is 20.0.